The van der Waals surface area contributed by atoms with Gasteiger partial charge < -0.3 is 4.74 Å². The number of unbranched alkanes of at least 4 members (excludes halogenated alkanes) is 1. The molecular formula is C21H23F5O. The minimum atomic E-state index is -1.69. The maximum atomic E-state index is 14.3. The second-order valence-electron chi connectivity index (χ2n) is 6.75. The molecule has 148 valence electrons. The van der Waals surface area contributed by atoms with Crippen molar-refractivity contribution in [3.8, 4) is 16.9 Å². The van der Waals surface area contributed by atoms with Crippen LogP contribution in [0.5, 0.6) is 5.75 Å². The molecule has 0 N–H and O–H groups in total. The Labute approximate surface area is 156 Å². The van der Waals surface area contributed by atoms with Crippen LogP contribution < -0.4 is 4.74 Å². The molecule has 1 nitrogen and oxygen atoms in total. The van der Waals surface area contributed by atoms with Gasteiger partial charge in [0.05, 0.1) is 12.2 Å². The first-order chi connectivity index (χ1) is 12.8. The summed E-state index contributed by atoms with van der Waals surface area (Å²) in [4.78, 5) is 0. The Kier molecular flexibility index (Phi) is 7.63. The molecule has 2 aromatic carbocycles. The van der Waals surface area contributed by atoms with Crippen molar-refractivity contribution in [1.82, 2.24) is 0 Å². The summed E-state index contributed by atoms with van der Waals surface area (Å²) in [6.07, 6.45) is 5.10. The lowest BCUT2D eigenvalue weighted by Gasteiger charge is -2.12. The molecule has 0 bridgehead atoms. The first kappa shape index (κ1) is 21.2. The lowest BCUT2D eigenvalue weighted by atomic mass is 9.99. The van der Waals surface area contributed by atoms with Crippen molar-refractivity contribution in [2.45, 2.75) is 46.0 Å². The van der Waals surface area contributed by atoms with Gasteiger partial charge in [0.15, 0.2) is 17.5 Å². The minimum Gasteiger partial charge on any atom is -0.493 e. The molecule has 1 unspecified atom stereocenters. The quantitative estimate of drug-likeness (QED) is 0.255. The molecule has 0 aliphatic carbocycles. The summed E-state index contributed by atoms with van der Waals surface area (Å²) >= 11 is 0. The molecule has 2 aromatic rings. The molecule has 0 radical (unpaired) electrons. The third-order valence-corrected chi connectivity index (χ3v) is 4.43. The number of hydrogen-bond acceptors (Lipinski definition) is 1. The van der Waals surface area contributed by atoms with Gasteiger partial charge in [-0.1, -0.05) is 33.1 Å². The fraction of sp³-hybridized carbons (Fsp3) is 0.429. The standard InChI is InChI=1S/C21H23F5O/c1-3-6-13(2)7-4-5-8-27-15-11-16(22)20(17(23)12-15)14-9-18(24)21(26)19(25)10-14/h9-13H,3-8H2,1-2H3. The average molecular weight is 386 g/mol. The summed E-state index contributed by atoms with van der Waals surface area (Å²) in [6, 6.07) is 3.02. The van der Waals surface area contributed by atoms with Crippen LogP contribution in [0.4, 0.5) is 22.0 Å². The van der Waals surface area contributed by atoms with Gasteiger partial charge >= 0.3 is 0 Å². The Balaban J connectivity index is 2.03. The van der Waals surface area contributed by atoms with Crippen LogP contribution in [0.2, 0.25) is 0 Å². The smallest absolute Gasteiger partial charge is 0.194 e. The van der Waals surface area contributed by atoms with Crippen molar-refractivity contribution in [2.75, 3.05) is 6.61 Å². The van der Waals surface area contributed by atoms with Gasteiger partial charge in [-0.25, -0.2) is 22.0 Å². The average Bonchev–Trinajstić information content (AvgIpc) is 2.59. The topological polar surface area (TPSA) is 9.23 Å². The Morgan fingerprint density at radius 2 is 1.41 bits per heavy atom. The lowest BCUT2D eigenvalue weighted by molar-refractivity contribution is 0.296. The lowest BCUT2D eigenvalue weighted by Crippen LogP contribution is -2.02. The zero-order valence-electron chi connectivity index (χ0n) is 15.4. The van der Waals surface area contributed by atoms with Gasteiger partial charge in [0.2, 0.25) is 0 Å². The van der Waals surface area contributed by atoms with E-state index in [-0.39, 0.29) is 5.75 Å². The monoisotopic (exact) mass is 386 g/mol. The Morgan fingerprint density at radius 1 is 0.815 bits per heavy atom. The van der Waals surface area contributed by atoms with Crippen LogP contribution in [-0.2, 0) is 0 Å². The van der Waals surface area contributed by atoms with Crippen LogP contribution in [-0.4, -0.2) is 6.61 Å². The van der Waals surface area contributed by atoms with E-state index in [4.69, 9.17) is 4.74 Å². The Bertz CT molecular complexity index is 729. The Hall–Kier alpha value is -2.11. The summed E-state index contributed by atoms with van der Waals surface area (Å²) in [5.41, 5.74) is -1.05. The fourth-order valence-electron chi connectivity index (χ4n) is 3.03. The summed E-state index contributed by atoms with van der Waals surface area (Å²) in [5.74, 6) is -6.14. The van der Waals surface area contributed by atoms with E-state index in [2.05, 4.69) is 13.8 Å². The van der Waals surface area contributed by atoms with Crippen molar-refractivity contribution >= 4 is 0 Å². The van der Waals surface area contributed by atoms with E-state index in [0.29, 0.717) is 24.7 Å². The van der Waals surface area contributed by atoms with Gasteiger partial charge in [0.25, 0.3) is 0 Å². The van der Waals surface area contributed by atoms with Crippen LogP contribution in [0.25, 0.3) is 11.1 Å². The summed E-state index contributed by atoms with van der Waals surface area (Å²) in [6.45, 7) is 4.65. The van der Waals surface area contributed by atoms with E-state index in [0.717, 1.165) is 37.8 Å². The summed E-state index contributed by atoms with van der Waals surface area (Å²) in [7, 11) is 0. The van der Waals surface area contributed by atoms with Crippen molar-refractivity contribution in [3.63, 3.8) is 0 Å². The molecule has 0 saturated carbocycles. The first-order valence-electron chi connectivity index (χ1n) is 9.10. The molecule has 0 aromatic heterocycles. The van der Waals surface area contributed by atoms with Crippen molar-refractivity contribution in [1.29, 1.82) is 0 Å². The molecule has 0 saturated heterocycles. The van der Waals surface area contributed by atoms with E-state index in [1.165, 1.54) is 6.42 Å². The highest BCUT2D eigenvalue weighted by atomic mass is 19.2. The highest BCUT2D eigenvalue weighted by molar-refractivity contribution is 5.66. The van der Waals surface area contributed by atoms with Crippen molar-refractivity contribution in [3.05, 3.63) is 53.4 Å². The number of rotatable bonds is 9. The van der Waals surface area contributed by atoms with E-state index in [9.17, 15) is 22.0 Å². The zero-order valence-corrected chi connectivity index (χ0v) is 15.4. The Morgan fingerprint density at radius 3 is 1.96 bits per heavy atom. The molecule has 2 rings (SSSR count). The number of benzene rings is 2. The molecule has 0 fully saturated rings. The maximum absolute atomic E-state index is 14.3. The van der Waals surface area contributed by atoms with Gasteiger partial charge in [-0.05, 0) is 36.5 Å². The zero-order chi connectivity index (χ0) is 20.0. The second kappa shape index (κ2) is 9.72. The van der Waals surface area contributed by atoms with Crippen LogP contribution in [0.3, 0.4) is 0 Å². The molecule has 6 heteroatoms. The summed E-state index contributed by atoms with van der Waals surface area (Å²) < 4.78 is 73.6. The highest BCUT2D eigenvalue weighted by Gasteiger charge is 2.18. The maximum Gasteiger partial charge on any atom is 0.194 e. The van der Waals surface area contributed by atoms with Crippen LogP contribution in [0.1, 0.15) is 46.0 Å². The van der Waals surface area contributed by atoms with Gasteiger partial charge in [0.1, 0.15) is 17.4 Å². The number of ether oxygens (including phenoxy) is 1. The van der Waals surface area contributed by atoms with Gasteiger partial charge in [0, 0.05) is 12.1 Å². The van der Waals surface area contributed by atoms with Gasteiger partial charge in [-0.2, -0.15) is 0 Å². The second-order valence-corrected chi connectivity index (χ2v) is 6.75. The molecule has 0 aliphatic rings. The minimum absolute atomic E-state index is 0.00147. The summed E-state index contributed by atoms with van der Waals surface area (Å²) in [5, 5.41) is 0. The van der Waals surface area contributed by atoms with Crippen LogP contribution >= 0.6 is 0 Å². The highest BCUT2D eigenvalue weighted by Crippen LogP contribution is 2.31. The molecular weight excluding hydrogens is 363 g/mol. The first-order valence-corrected chi connectivity index (χ1v) is 9.10. The van der Waals surface area contributed by atoms with E-state index in [1.807, 2.05) is 0 Å². The van der Waals surface area contributed by atoms with E-state index in [1.54, 1.807) is 0 Å². The number of halogens is 5. The molecule has 0 aliphatic heterocycles. The van der Waals surface area contributed by atoms with Crippen molar-refractivity contribution in [2.24, 2.45) is 5.92 Å². The van der Waals surface area contributed by atoms with Crippen molar-refractivity contribution < 1.29 is 26.7 Å². The predicted molar refractivity (Wildman–Crippen MR) is 95.1 cm³/mol. The number of hydrogen-bond donors (Lipinski definition) is 0. The SMILES string of the molecule is CCCC(C)CCCCOc1cc(F)c(-c2cc(F)c(F)c(F)c2)c(F)c1. The fourth-order valence-corrected chi connectivity index (χ4v) is 3.03. The molecule has 0 amide bonds. The largest absolute Gasteiger partial charge is 0.493 e. The van der Waals surface area contributed by atoms with E-state index >= 15 is 0 Å². The molecule has 0 spiro atoms. The third kappa shape index (κ3) is 5.68. The normalized spacial score (nSPS) is 12.3. The molecule has 1 atom stereocenters. The van der Waals surface area contributed by atoms with Gasteiger partial charge in [-0.3, -0.25) is 0 Å². The van der Waals surface area contributed by atoms with Crippen LogP contribution in [0, 0.1) is 35.0 Å². The third-order valence-electron chi connectivity index (χ3n) is 4.43. The van der Waals surface area contributed by atoms with E-state index < -0.39 is 40.2 Å². The molecule has 0 heterocycles. The van der Waals surface area contributed by atoms with Crippen LogP contribution in [0.15, 0.2) is 24.3 Å². The molecule has 27 heavy (non-hydrogen) atoms. The predicted octanol–water partition coefficient (Wildman–Crippen LogP) is 7.03. The van der Waals surface area contributed by atoms with Gasteiger partial charge in [-0.15, -0.1) is 0 Å².